The van der Waals surface area contributed by atoms with E-state index in [0.717, 1.165) is 69.1 Å². The number of hydrogen-bond donors (Lipinski definition) is 2. The number of anilines is 1. The van der Waals surface area contributed by atoms with Crippen LogP contribution >= 0.6 is 20.7 Å². The molecule has 2 saturated heterocycles. The number of nitriles is 1. The smallest absolute Gasteiger partial charge is 0.137 e. The van der Waals surface area contributed by atoms with Crippen molar-refractivity contribution in [2.45, 2.75) is 18.9 Å². The third-order valence-corrected chi connectivity index (χ3v) is 9.20. The molecule has 0 unspecified atom stereocenters. The number of aromatic nitrogens is 1. The average molecular weight is 592 g/mol. The highest BCUT2D eigenvalue weighted by atomic mass is 127. The lowest BCUT2D eigenvalue weighted by atomic mass is 9.97. The van der Waals surface area contributed by atoms with Gasteiger partial charge in [-0.15, -0.1) is 0 Å². The van der Waals surface area contributed by atoms with Gasteiger partial charge in [0.25, 0.3) is 0 Å². The summed E-state index contributed by atoms with van der Waals surface area (Å²) in [5.74, 6) is 0.691. The topological polar surface area (TPSA) is 73.3 Å². The summed E-state index contributed by atoms with van der Waals surface area (Å²) < 4.78 is 15.3. The lowest BCUT2D eigenvalue weighted by molar-refractivity contribution is 0.122. The highest BCUT2D eigenvalue weighted by Gasteiger charge is 2.20. The Morgan fingerprint density at radius 2 is 1.78 bits per heavy atom. The molecule has 4 heterocycles. The molecule has 0 radical (unpaired) electrons. The molecule has 3 aromatic rings. The van der Waals surface area contributed by atoms with Gasteiger partial charge in [-0.3, -0.25) is 0 Å². The Kier molecular flexibility index (Phi) is 6.90. The Hall–Kier alpha value is -2.93. The second-order valence-electron chi connectivity index (χ2n) is 9.26. The number of halogens is 1. The molecular formula is C29H29IN4O2. The quantitative estimate of drug-likeness (QED) is 0.413. The van der Waals surface area contributed by atoms with Gasteiger partial charge in [-0.2, -0.15) is 5.26 Å². The SMILES string of the molecule is N#Cc1cc(C2=CC=Ic3[nH]c(-c4ccc(N5CCOCC5)cc4)cc32)ccc1OC1CCNCC1. The fourth-order valence-electron chi connectivity index (χ4n) is 5.02. The van der Waals surface area contributed by atoms with Crippen molar-refractivity contribution >= 4 is 36.0 Å². The second-order valence-corrected chi connectivity index (χ2v) is 11.7. The number of H-pyrrole nitrogens is 1. The van der Waals surface area contributed by atoms with Gasteiger partial charge < -0.3 is 24.7 Å². The normalized spacial score (nSPS) is 18.1. The number of piperidine rings is 1. The summed E-state index contributed by atoms with van der Waals surface area (Å²) in [5.41, 5.74) is 7.63. The molecule has 2 fully saturated rings. The molecule has 0 amide bonds. The van der Waals surface area contributed by atoms with Gasteiger partial charge in [0.15, 0.2) is 0 Å². The Balaban J connectivity index is 1.25. The minimum absolute atomic E-state index is 0.171. The molecule has 0 spiro atoms. The number of rotatable bonds is 5. The third kappa shape index (κ3) is 4.85. The maximum Gasteiger partial charge on any atom is 0.137 e. The first-order chi connectivity index (χ1) is 17.8. The van der Waals surface area contributed by atoms with Crippen LogP contribution in [0.5, 0.6) is 5.75 Å². The molecule has 2 aromatic carbocycles. The van der Waals surface area contributed by atoms with Crippen LogP contribution in [0.25, 0.3) is 16.8 Å². The highest BCUT2D eigenvalue weighted by Crippen LogP contribution is 2.37. The van der Waals surface area contributed by atoms with E-state index in [1.54, 1.807) is 0 Å². The number of aromatic amines is 1. The standard InChI is InChI=1S/C29H29IN4O2/c31-19-22-17-21(3-6-28(22)36-24-8-11-32-12-9-24)25-7-10-30-29-26(25)18-27(33-29)20-1-4-23(5-2-20)34-13-15-35-16-14-34/h1-7,10,17-18,24,32-33H,8-9,11-16H2. The van der Waals surface area contributed by atoms with Gasteiger partial charge in [-0.25, -0.2) is 0 Å². The van der Waals surface area contributed by atoms with Crippen LogP contribution in [0.15, 0.2) is 54.6 Å². The Bertz CT molecular complexity index is 1340. The minimum atomic E-state index is -0.218. The molecule has 0 bridgehead atoms. The first-order valence-electron chi connectivity index (χ1n) is 12.5. The summed E-state index contributed by atoms with van der Waals surface area (Å²) in [6.07, 6.45) is 4.33. The molecule has 2 N–H and O–H groups in total. The number of hydrogen-bond acceptors (Lipinski definition) is 5. The number of nitrogens with zero attached hydrogens (tertiary/aromatic N) is 2. The van der Waals surface area contributed by atoms with Crippen LogP contribution in [0.1, 0.15) is 29.5 Å². The van der Waals surface area contributed by atoms with E-state index in [1.807, 2.05) is 12.1 Å². The molecule has 6 nitrogen and oxygen atoms in total. The van der Waals surface area contributed by atoms with E-state index in [1.165, 1.54) is 20.5 Å². The lowest BCUT2D eigenvalue weighted by Gasteiger charge is -2.28. The zero-order valence-electron chi connectivity index (χ0n) is 20.1. The molecule has 0 saturated carbocycles. The summed E-state index contributed by atoms with van der Waals surface area (Å²) in [5, 5.41) is 13.2. The van der Waals surface area contributed by atoms with Crippen LogP contribution in [0.2, 0.25) is 0 Å². The fraction of sp³-hybridized carbons (Fsp3) is 0.310. The van der Waals surface area contributed by atoms with E-state index in [4.69, 9.17) is 9.47 Å². The summed E-state index contributed by atoms with van der Waals surface area (Å²) in [7, 11) is 0. The van der Waals surface area contributed by atoms with Gasteiger partial charge in [0, 0.05) is 30.0 Å². The van der Waals surface area contributed by atoms with Crippen molar-refractivity contribution in [2.75, 3.05) is 44.3 Å². The van der Waals surface area contributed by atoms with Crippen molar-refractivity contribution in [3.05, 3.63) is 75.0 Å². The lowest BCUT2D eigenvalue weighted by Crippen LogP contribution is -2.36. The summed E-state index contributed by atoms with van der Waals surface area (Å²) >= 11 is -0.218. The van der Waals surface area contributed by atoms with Gasteiger partial charge >= 0.3 is 0 Å². The maximum atomic E-state index is 9.85. The predicted octanol–water partition coefficient (Wildman–Crippen LogP) is 4.91. The molecule has 6 rings (SSSR count). The molecule has 3 aliphatic rings. The number of allylic oxidation sites excluding steroid dienone is 1. The van der Waals surface area contributed by atoms with Gasteiger partial charge in [-0.1, -0.05) is 38.9 Å². The van der Waals surface area contributed by atoms with Gasteiger partial charge in [0.2, 0.25) is 0 Å². The van der Waals surface area contributed by atoms with Crippen molar-refractivity contribution < 1.29 is 9.47 Å². The predicted molar refractivity (Wildman–Crippen MR) is 153 cm³/mol. The molecule has 0 aliphatic carbocycles. The largest absolute Gasteiger partial charge is 0.489 e. The first kappa shape index (κ1) is 23.5. The van der Waals surface area contributed by atoms with Crippen LogP contribution in [0, 0.1) is 15.0 Å². The first-order valence-corrected chi connectivity index (χ1v) is 14.9. The van der Waals surface area contributed by atoms with E-state index in [0.29, 0.717) is 11.3 Å². The van der Waals surface area contributed by atoms with Crippen molar-refractivity contribution in [2.24, 2.45) is 0 Å². The Morgan fingerprint density at radius 1 is 1.00 bits per heavy atom. The van der Waals surface area contributed by atoms with E-state index in [-0.39, 0.29) is 26.8 Å². The third-order valence-electron chi connectivity index (χ3n) is 7.01. The zero-order chi connectivity index (χ0) is 24.3. The van der Waals surface area contributed by atoms with E-state index >= 15 is 0 Å². The van der Waals surface area contributed by atoms with Crippen molar-refractivity contribution in [3.63, 3.8) is 0 Å². The average Bonchev–Trinajstić information content (AvgIpc) is 3.39. The summed E-state index contributed by atoms with van der Waals surface area (Å²) in [6.45, 7) is 5.39. The number of ether oxygens (including phenoxy) is 2. The molecule has 1 aromatic heterocycles. The van der Waals surface area contributed by atoms with Gasteiger partial charge in [-0.05, 0) is 83.1 Å². The Morgan fingerprint density at radius 3 is 2.56 bits per heavy atom. The van der Waals surface area contributed by atoms with Crippen molar-refractivity contribution in [1.29, 1.82) is 5.26 Å². The minimum Gasteiger partial charge on any atom is -0.489 e. The van der Waals surface area contributed by atoms with Crippen LogP contribution in [-0.4, -0.2) is 54.5 Å². The molecule has 7 heteroatoms. The fourth-order valence-corrected chi connectivity index (χ4v) is 7.15. The molecular weight excluding hydrogens is 563 g/mol. The van der Waals surface area contributed by atoms with Crippen LogP contribution in [0.3, 0.4) is 0 Å². The van der Waals surface area contributed by atoms with Crippen LogP contribution < -0.4 is 15.0 Å². The molecule has 184 valence electrons. The van der Waals surface area contributed by atoms with Crippen LogP contribution in [-0.2, 0) is 4.74 Å². The van der Waals surface area contributed by atoms with Gasteiger partial charge in [0.1, 0.15) is 17.9 Å². The molecule has 36 heavy (non-hydrogen) atoms. The number of morpholine rings is 1. The zero-order valence-corrected chi connectivity index (χ0v) is 22.3. The number of benzene rings is 2. The molecule has 0 atom stereocenters. The number of nitrogens with one attached hydrogen (secondary N) is 2. The Labute approximate surface area is 221 Å². The molecule has 3 aliphatic heterocycles. The highest BCUT2D eigenvalue weighted by molar-refractivity contribution is 14.2. The van der Waals surface area contributed by atoms with Crippen molar-refractivity contribution in [3.8, 4) is 23.1 Å². The number of fused-ring (bicyclic) bond motifs is 1. The van der Waals surface area contributed by atoms with Gasteiger partial charge in [0.05, 0.1) is 22.5 Å². The van der Waals surface area contributed by atoms with E-state index in [2.05, 4.69) is 67.8 Å². The van der Waals surface area contributed by atoms with E-state index < -0.39 is 0 Å². The van der Waals surface area contributed by atoms with E-state index in [9.17, 15) is 5.26 Å². The van der Waals surface area contributed by atoms with Crippen LogP contribution in [0.4, 0.5) is 5.69 Å². The van der Waals surface area contributed by atoms with Crippen molar-refractivity contribution in [1.82, 2.24) is 10.3 Å². The monoisotopic (exact) mass is 592 g/mol. The summed E-state index contributed by atoms with van der Waals surface area (Å²) in [4.78, 5) is 6.07. The second kappa shape index (κ2) is 10.6. The summed E-state index contributed by atoms with van der Waals surface area (Å²) in [6, 6.07) is 19.5. The maximum absolute atomic E-state index is 9.85.